The fourth-order valence-electron chi connectivity index (χ4n) is 2.16. The molecule has 17 heavy (non-hydrogen) atoms. The summed E-state index contributed by atoms with van der Waals surface area (Å²) in [6, 6.07) is 8.54. The third-order valence-electron chi connectivity index (χ3n) is 2.98. The van der Waals surface area contributed by atoms with Gasteiger partial charge in [-0.1, -0.05) is 24.0 Å². The second kappa shape index (κ2) is 6.69. The monoisotopic (exact) mass is 247 g/mol. The first kappa shape index (κ1) is 12.5. The standard InChI is InChI=1S/C15H18ClN/c16-9-2-1-6-14-7-5-8-15(12-14)13-17-10-3-4-11-17/h5,7-8,12H,2-4,9-11,13H2. The molecule has 1 heterocycles. The zero-order valence-corrected chi connectivity index (χ0v) is 10.8. The number of alkyl halides is 1. The van der Waals surface area contributed by atoms with Gasteiger partial charge in [-0.25, -0.2) is 0 Å². The first-order valence-corrected chi connectivity index (χ1v) is 6.78. The van der Waals surface area contributed by atoms with Crippen LogP contribution >= 0.6 is 11.6 Å². The maximum atomic E-state index is 5.60. The van der Waals surface area contributed by atoms with Crippen LogP contribution in [0, 0.1) is 11.8 Å². The number of nitrogens with zero attached hydrogens (tertiary/aromatic N) is 1. The highest BCUT2D eigenvalue weighted by Crippen LogP contribution is 2.13. The minimum atomic E-state index is 0.612. The van der Waals surface area contributed by atoms with E-state index in [1.54, 1.807) is 0 Å². The molecule has 1 aromatic rings. The van der Waals surface area contributed by atoms with Gasteiger partial charge in [0.2, 0.25) is 0 Å². The molecule has 0 radical (unpaired) electrons. The Morgan fingerprint density at radius 2 is 2.06 bits per heavy atom. The topological polar surface area (TPSA) is 3.24 Å². The number of rotatable bonds is 3. The molecule has 1 aliphatic heterocycles. The van der Waals surface area contributed by atoms with Gasteiger partial charge in [0.25, 0.3) is 0 Å². The van der Waals surface area contributed by atoms with Gasteiger partial charge in [-0.05, 0) is 43.6 Å². The van der Waals surface area contributed by atoms with Gasteiger partial charge >= 0.3 is 0 Å². The summed E-state index contributed by atoms with van der Waals surface area (Å²) in [5.41, 5.74) is 2.47. The maximum Gasteiger partial charge on any atom is 0.0333 e. The summed E-state index contributed by atoms with van der Waals surface area (Å²) in [6.07, 6.45) is 3.45. The van der Waals surface area contributed by atoms with Gasteiger partial charge in [0, 0.05) is 24.4 Å². The van der Waals surface area contributed by atoms with Crippen LogP contribution in [-0.2, 0) is 6.54 Å². The van der Waals surface area contributed by atoms with Crippen molar-refractivity contribution >= 4 is 11.6 Å². The van der Waals surface area contributed by atoms with Crippen molar-refractivity contribution in [2.24, 2.45) is 0 Å². The van der Waals surface area contributed by atoms with Crippen LogP contribution in [0.2, 0.25) is 0 Å². The van der Waals surface area contributed by atoms with E-state index < -0.39 is 0 Å². The molecule has 0 amide bonds. The van der Waals surface area contributed by atoms with Crippen LogP contribution < -0.4 is 0 Å². The van der Waals surface area contributed by atoms with Crippen LogP contribution in [0.15, 0.2) is 24.3 Å². The molecule has 0 N–H and O–H groups in total. The van der Waals surface area contributed by atoms with Gasteiger partial charge in [-0.2, -0.15) is 0 Å². The predicted molar refractivity (Wildman–Crippen MR) is 73.2 cm³/mol. The highest BCUT2D eigenvalue weighted by molar-refractivity contribution is 6.18. The van der Waals surface area contributed by atoms with Crippen molar-refractivity contribution in [3.05, 3.63) is 35.4 Å². The van der Waals surface area contributed by atoms with Crippen LogP contribution in [0.4, 0.5) is 0 Å². The molecule has 1 aliphatic rings. The fraction of sp³-hybridized carbons (Fsp3) is 0.467. The Balaban J connectivity index is 1.98. The highest BCUT2D eigenvalue weighted by atomic mass is 35.5. The first-order valence-electron chi connectivity index (χ1n) is 6.24. The van der Waals surface area contributed by atoms with E-state index in [4.69, 9.17) is 11.6 Å². The number of likely N-dealkylation sites (tertiary alicyclic amines) is 1. The van der Waals surface area contributed by atoms with Crippen LogP contribution in [0.25, 0.3) is 0 Å². The maximum absolute atomic E-state index is 5.60. The molecule has 2 rings (SSSR count). The van der Waals surface area contributed by atoms with Gasteiger partial charge in [0.05, 0.1) is 0 Å². The number of hydrogen-bond acceptors (Lipinski definition) is 1. The lowest BCUT2D eigenvalue weighted by Gasteiger charge is -2.14. The lowest BCUT2D eigenvalue weighted by Crippen LogP contribution is -2.18. The van der Waals surface area contributed by atoms with Crippen molar-refractivity contribution in [1.29, 1.82) is 0 Å². The molecule has 1 fully saturated rings. The van der Waals surface area contributed by atoms with Crippen molar-refractivity contribution in [3.63, 3.8) is 0 Å². The van der Waals surface area contributed by atoms with E-state index in [1.165, 1.54) is 31.5 Å². The van der Waals surface area contributed by atoms with E-state index in [1.807, 2.05) is 0 Å². The summed E-state index contributed by atoms with van der Waals surface area (Å²) < 4.78 is 0. The SMILES string of the molecule is ClCCC#Cc1cccc(CN2CCCC2)c1. The molecule has 0 aliphatic carbocycles. The van der Waals surface area contributed by atoms with E-state index in [0.29, 0.717) is 5.88 Å². The Morgan fingerprint density at radius 3 is 2.82 bits per heavy atom. The van der Waals surface area contributed by atoms with E-state index in [0.717, 1.165) is 18.5 Å². The van der Waals surface area contributed by atoms with Crippen molar-refractivity contribution in [2.45, 2.75) is 25.8 Å². The van der Waals surface area contributed by atoms with Crippen molar-refractivity contribution < 1.29 is 0 Å². The highest BCUT2D eigenvalue weighted by Gasteiger charge is 2.11. The van der Waals surface area contributed by atoms with E-state index in [2.05, 4.69) is 41.0 Å². The Bertz CT molecular complexity index is 410. The van der Waals surface area contributed by atoms with Gasteiger partial charge < -0.3 is 0 Å². The van der Waals surface area contributed by atoms with Gasteiger partial charge in [0.1, 0.15) is 0 Å². The Kier molecular flexibility index (Phi) is 4.91. The smallest absolute Gasteiger partial charge is 0.0333 e. The molecule has 0 aromatic heterocycles. The zero-order chi connectivity index (χ0) is 11.9. The molecule has 1 saturated heterocycles. The Labute approximate surface area is 109 Å². The number of halogens is 1. The van der Waals surface area contributed by atoms with Crippen molar-refractivity contribution in [3.8, 4) is 11.8 Å². The minimum Gasteiger partial charge on any atom is -0.299 e. The summed E-state index contributed by atoms with van der Waals surface area (Å²) in [5, 5.41) is 0. The van der Waals surface area contributed by atoms with Gasteiger partial charge in [0.15, 0.2) is 0 Å². The number of benzene rings is 1. The van der Waals surface area contributed by atoms with Crippen molar-refractivity contribution in [1.82, 2.24) is 4.90 Å². The molecule has 1 aromatic carbocycles. The summed E-state index contributed by atoms with van der Waals surface area (Å²) >= 11 is 5.60. The average molecular weight is 248 g/mol. The molecule has 0 atom stereocenters. The van der Waals surface area contributed by atoms with E-state index in [9.17, 15) is 0 Å². The number of hydrogen-bond donors (Lipinski definition) is 0. The molecule has 90 valence electrons. The average Bonchev–Trinajstić information content (AvgIpc) is 2.83. The quantitative estimate of drug-likeness (QED) is 0.585. The lowest BCUT2D eigenvalue weighted by molar-refractivity contribution is 0.331. The Hall–Kier alpha value is -0.970. The van der Waals surface area contributed by atoms with Gasteiger partial charge in [-0.3, -0.25) is 4.90 Å². The molecule has 0 unspecified atom stereocenters. The lowest BCUT2D eigenvalue weighted by atomic mass is 10.1. The predicted octanol–water partition coefficient (Wildman–Crippen LogP) is 3.26. The van der Waals surface area contributed by atoms with Crippen LogP contribution in [0.1, 0.15) is 30.4 Å². The Morgan fingerprint density at radius 1 is 1.24 bits per heavy atom. The molecule has 1 nitrogen and oxygen atoms in total. The second-order valence-corrected chi connectivity index (χ2v) is 4.80. The molecule has 0 spiro atoms. The summed E-state index contributed by atoms with van der Waals surface area (Å²) in [6.45, 7) is 3.54. The van der Waals surface area contributed by atoms with Crippen LogP contribution in [0.5, 0.6) is 0 Å². The largest absolute Gasteiger partial charge is 0.299 e. The van der Waals surface area contributed by atoms with Crippen LogP contribution in [-0.4, -0.2) is 23.9 Å². The fourth-order valence-corrected chi connectivity index (χ4v) is 2.25. The van der Waals surface area contributed by atoms with Crippen molar-refractivity contribution in [2.75, 3.05) is 19.0 Å². The third-order valence-corrected chi connectivity index (χ3v) is 3.17. The zero-order valence-electron chi connectivity index (χ0n) is 10.1. The molecular formula is C15H18ClN. The molecule has 0 bridgehead atoms. The van der Waals surface area contributed by atoms with E-state index in [-0.39, 0.29) is 0 Å². The van der Waals surface area contributed by atoms with E-state index >= 15 is 0 Å². The van der Waals surface area contributed by atoms with Gasteiger partial charge in [-0.15, -0.1) is 11.6 Å². The molecular weight excluding hydrogens is 230 g/mol. The summed E-state index contributed by atoms with van der Waals surface area (Å²) in [5.74, 6) is 6.85. The first-order chi connectivity index (χ1) is 8.38. The molecule has 2 heteroatoms. The minimum absolute atomic E-state index is 0.612. The third kappa shape index (κ3) is 4.07. The summed E-state index contributed by atoms with van der Waals surface area (Å²) in [4.78, 5) is 2.51. The summed E-state index contributed by atoms with van der Waals surface area (Å²) in [7, 11) is 0. The second-order valence-electron chi connectivity index (χ2n) is 4.42. The normalized spacial score (nSPS) is 15.6. The molecule has 0 saturated carbocycles. The van der Waals surface area contributed by atoms with Crippen LogP contribution in [0.3, 0.4) is 0 Å².